The van der Waals surface area contributed by atoms with E-state index in [1.165, 1.54) is 31.2 Å². The fraction of sp³-hybridized carbons (Fsp3) is 0.227. The highest BCUT2D eigenvalue weighted by Crippen LogP contribution is 2.23. The first kappa shape index (κ1) is 24.2. The number of carbonyl (C=O) groups is 5. The average Bonchev–Trinajstić information content (AvgIpc) is 3.14. The van der Waals surface area contributed by atoms with E-state index >= 15 is 0 Å². The molecule has 0 saturated carbocycles. The molecule has 11 heteroatoms. The van der Waals surface area contributed by atoms with Crippen molar-refractivity contribution in [3.05, 3.63) is 63.6 Å². The van der Waals surface area contributed by atoms with Gasteiger partial charge in [-0.3, -0.25) is 34.4 Å². The summed E-state index contributed by atoms with van der Waals surface area (Å²) >= 11 is 11.7. The minimum atomic E-state index is -0.847. The molecule has 0 spiro atoms. The van der Waals surface area contributed by atoms with E-state index in [1.54, 1.807) is 18.2 Å². The highest BCUT2D eigenvalue weighted by molar-refractivity contribution is 6.42. The van der Waals surface area contributed by atoms with Crippen LogP contribution in [-0.2, 0) is 19.1 Å². The normalized spacial score (nSPS) is 15.2. The molecule has 2 aromatic carbocycles. The third-order valence-electron chi connectivity index (χ3n) is 4.78. The molecular weight excluding hydrogens is 473 g/mol. The Balaban J connectivity index is 1.50. The van der Waals surface area contributed by atoms with E-state index in [9.17, 15) is 24.0 Å². The summed E-state index contributed by atoms with van der Waals surface area (Å²) in [7, 11) is 0. The van der Waals surface area contributed by atoms with Gasteiger partial charge >= 0.3 is 5.97 Å². The lowest BCUT2D eigenvalue weighted by molar-refractivity contribution is -0.151. The maximum Gasteiger partial charge on any atom is 0.311 e. The molecular formula is C22H19Cl2N3O6. The first-order chi connectivity index (χ1) is 15.6. The molecule has 1 aliphatic rings. The number of hydrogen-bond donors (Lipinski definition) is 2. The Morgan fingerprint density at radius 1 is 1.06 bits per heavy atom. The summed E-state index contributed by atoms with van der Waals surface area (Å²) in [6.45, 7) is 0.735. The minimum Gasteiger partial charge on any atom is -0.455 e. The highest BCUT2D eigenvalue weighted by atomic mass is 35.5. The lowest BCUT2D eigenvalue weighted by atomic mass is 10.1. The number of carbonyl (C=O) groups excluding carboxylic acids is 5. The maximum atomic E-state index is 12.3. The van der Waals surface area contributed by atoms with Gasteiger partial charge < -0.3 is 10.1 Å². The second-order valence-electron chi connectivity index (χ2n) is 7.27. The summed E-state index contributed by atoms with van der Waals surface area (Å²) < 4.78 is 5.01. The van der Waals surface area contributed by atoms with Crippen molar-refractivity contribution in [3.8, 4) is 0 Å². The van der Waals surface area contributed by atoms with Crippen LogP contribution in [0.25, 0.3) is 0 Å². The van der Waals surface area contributed by atoms with E-state index in [-0.39, 0.29) is 34.4 Å². The molecule has 0 aromatic heterocycles. The van der Waals surface area contributed by atoms with Crippen molar-refractivity contribution < 1.29 is 28.7 Å². The zero-order valence-corrected chi connectivity index (χ0v) is 18.9. The number of rotatable bonds is 7. The van der Waals surface area contributed by atoms with Crippen LogP contribution in [0.2, 0.25) is 10.0 Å². The number of esters is 1. The molecule has 1 aliphatic heterocycles. The molecule has 0 unspecified atom stereocenters. The smallest absolute Gasteiger partial charge is 0.311 e. The molecule has 2 N–H and O–H groups in total. The van der Waals surface area contributed by atoms with E-state index in [4.69, 9.17) is 27.9 Å². The van der Waals surface area contributed by atoms with E-state index in [0.717, 1.165) is 5.01 Å². The molecule has 0 aliphatic carbocycles. The zero-order valence-electron chi connectivity index (χ0n) is 17.4. The number of amides is 3. The first-order valence-electron chi connectivity index (χ1n) is 9.78. The van der Waals surface area contributed by atoms with Crippen LogP contribution in [0.15, 0.2) is 42.5 Å². The standard InChI is InChI=1S/C22H19Cl2N3O6/c1-12(28)13-3-2-4-16(7-13)25-19(29)11-33-22(32)15-9-20(30)27(10-15)26-21(31)14-5-6-17(23)18(24)8-14/h2-8,15H,9-11H2,1H3,(H,25,29)(H,26,31)/t15-/m0/s1. The lowest BCUT2D eigenvalue weighted by Gasteiger charge is -2.17. The van der Waals surface area contributed by atoms with Gasteiger partial charge in [-0.05, 0) is 37.3 Å². The summed E-state index contributed by atoms with van der Waals surface area (Å²) in [6, 6.07) is 10.6. The number of nitrogens with zero attached hydrogens (tertiary/aromatic N) is 1. The first-order valence-corrected chi connectivity index (χ1v) is 10.5. The summed E-state index contributed by atoms with van der Waals surface area (Å²) in [4.78, 5) is 60.3. The third-order valence-corrected chi connectivity index (χ3v) is 5.51. The molecule has 3 rings (SSSR count). The van der Waals surface area contributed by atoms with Gasteiger partial charge in [0.1, 0.15) is 0 Å². The Kier molecular flexibility index (Phi) is 7.67. The summed E-state index contributed by atoms with van der Waals surface area (Å²) in [5.74, 6) is -3.42. The number of halogens is 2. The molecule has 172 valence electrons. The van der Waals surface area contributed by atoms with Crippen molar-refractivity contribution in [2.75, 3.05) is 18.5 Å². The summed E-state index contributed by atoms with van der Waals surface area (Å²) in [5.41, 5.74) is 3.42. The van der Waals surface area contributed by atoms with Gasteiger partial charge in [0, 0.05) is 23.2 Å². The van der Waals surface area contributed by atoms with Crippen LogP contribution in [0, 0.1) is 5.92 Å². The highest BCUT2D eigenvalue weighted by Gasteiger charge is 2.36. The molecule has 1 fully saturated rings. The van der Waals surface area contributed by atoms with E-state index in [1.807, 2.05) is 0 Å². The summed E-state index contributed by atoms with van der Waals surface area (Å²) in [5, 5.41) is 4.01. The number of hydrogen-bond acceptors (Lipinski definition) is 6. The van der Waals surface area contributed by atoms with Gasteiger partial charge in [-0.25, -0.2) is 0 Å². The second kappa shape index (κ2) is 10.5. The number of nitrogens with one attached hydrogen (secondary N) is 2. The Morgan fingerprint density at radius 2 is 1.82 bits per heavy atom. The van der Waals surface area contributed by atoms with Gasteiger partial charge in [0.25, 0.3) is 11.8 Å². The third kappa shape index (κ3) is 6.30. The predicted octanol–water partition coefficient (Wildman–Crippen LogP) is 2.87. The molecule has 0 radical (unpaired) electrons. The van der Waals surface area contributed by atoms with E-state index in [2.05, 4.69) is 10.7 Å². The van der Waals surface area contributed by atoms with Gasteiger partial charge in [-0.2, -0.15) is 0 Å². The topological polar surface area (TPSA) is 122 Å². The quantitative estimate of drug-likeness (QED) is 0.453. The maximum absolute atomic E-state index is 12.3. The zero-order chi connectivity index (χ0) is 24.1. The molecule has 1 saturated heterocycles. The number of ketones is 1. The Hall–Kier alpha value is -3.43. The van der Waals surface area contributed by atoms with Crippen LogP contribution in [-0.4, -0.2) is 47.6 Å². The minimum absolute atomic E-state index is 0.104. The fourth-order valence-corrected chi connectivity index (χ4v) is 3.36. The van der Waals surface area contributed by atoms with Crippen LogP contribution >= 0.6 is 23.2 Å². The van der Waals surface area contributed by atoms with Crippen molar-refractivity contribution in [3.63, 3.8) is 0 Å². The number of Topliss-reactive ketones (excluding diaryl/α,β-unsaturated/α-hetero) is 1. The summed E-state index contributed by atoms with van der Waals surface area (Å²) in [6.07, 6.45) is -0.178. The van der Waals surface area contributed by atoms with Crippen molar-refractivity contribution in [1.82, 2.24) is 10.4 Å². The molecule has 3 amide bonds. The molecule has 2 aromatic rings. The van der Waals surface area contributed by atoms with Crippen molar-refractivity contribution in [2.45, 2.75) is 13.3 Å². The van der Waals surface area contributed by atoms with Gasteiger partial charge in [0.05, 0.1) is 22.5 Å². The number of anilines is 1. The Labute approximate surface area is 198 Å². The molecule has 33 heavy (non-hydrogen) atoms. The van der Waals surface area contributed by atoms with Gasteiger partial charge in [-0.1, -0.05) is 35.3 Å². The average molecular weight is 492 g/mol. The fourth-order valence-electron chi connectivity index (χ4n) is 3.07. The van der Waals surface area contributed by atoms with Gasteiger partial charge in [0.2, 0.25) is 5.91 Å². The molecule has 9 nitrogen and oxygen atoms in total. The van der Waals surface area contributed by atoms with Gasteiger partial charge in [-0.15, -0.1) is 0 Å². The largest absolute Gasteiger partial charge is 0.455 e. The van der Waals surface area contributed by atoms with Crippen LogP contribution in [0.3, 0.4) is 0 Å². The second-order valence-corrected chi connectivity index (χ2v) is 8.08. The van der Waals surface area contributed by atoms with Crippen LogP contribution < -0.4 is 10.7 Å². The van der Waals surface area contributed by atoms with Crippen LogP contribution in [0.4, 0.5) is 5.69 Å². The number of ether oxygens (including phenoxy) is 1. The van der Waals surface area contributed by atoms with Crippen molar-refractivity contribution in [1.29, 1.82) is 0 Å². The molecule has 1 heterocycles. The van der Waals surface area contributed by atoms with Crippen molar-refractivity contribution >= 4 is 58.4 Å². The van der Waals surface area contributed by atoms with Crippen LogP contribution in [0.5, 0.6) is 0 Å². The Bertz CT molecular complexity index is 1140. The lowest BCUT2D eigenvalue weighted by Crippen LogP contribution is -2.43. The van der Waals surface area contributed by atoms with Gasteiger partial charge in [0.15, 0.2) is 12.4 Å². The SMILES string of the molecule is CC(=O)c1cccc(NC(=O)COC(=O)[C@H]2CC(=O)N(NC(=O)c3ccc(Cl)c(Cl)c3)C2)c1. The van der Waals surface area contributed by atoms with Crippen LogP contribution in [0.1, 0.15) is 34.1 Å². The van der Waals surface area contributed by atoms with E-state index in [0.29, 0.717) is 11.3 Å². The predicted molar refractivity (Wildman–Crippen MR) is 120 cm³/mol. The van der Waals surface area contributed by atoms with E-state index < -0.39 is 36.2 Å². The molecule has 1 atom stereocenters. The molecule has 0 bridgehead atoms. The Morgan fingerprint density at radius 3 is 2.52 bits per heavy atom. The number of benzene rings is 2. The van der Waals surface area contributed by atoms with Crippen molar-refractivity contribution in [2.24, 2.45) is 5.92 Å². The monoisotopic (exact) mass is 491 g/mol. The number of hydrazine groups is 1.